The second-order valence-electron chi connectivity index (χ2n) is 12.0. The Balaban J connectivity index is 1.30. The number of rotatable bonds is 8. The van der Waals surface area contributed by atoms with Crippen LogP contribution < -0.4 is 16.2 Å². The Kier molecular flexibility index (Phi) is 8.14. The summed E-state index contributed by atoms with van der Waals surface area (Å²) in [7, 11) is 1.97. The minimum atomic E-state index is -0.537. The number of anilines is 1. The highest BCUT2D eigenvalue weighted by atomic mass is 16.5. The van der Waals surface area contributed by atoms with Gasteiger partial charge in [-0.2, -0.15) is 5.26 Å². The lowest BCUT2D eigenvalue weighted by atomic mass is 9.96. The second kappa shape index (κ2) is 12.2. The average Bonchev–Trinajstić information content (AvgIpc) is 3.32. The van der Waals surface area contributed by atoms with E-state index >= 15 is 0 Å². The molecule has 4 heterocycles. The van der Waals surface area contributed by atoms with Crippen LogP contribution in [0.25, 0.3) is 16.9 Å². The summed E-state index contributed by atoms with van der Waals surface area (Å²) >= 11 is 0. The van der Waals surface area contributed by atoms with Gasteiger partial charge in [-0.3, -0.25) is 18.8 Å². The van der Waals surface area contributed by atoms with Crippen molar-refractivity contribution >= 4 is 22.9 Å². The highest BCUT2D eigenvalue weighted by Gasteiger charge is 2.35. The molecule has 2 aliphatic heterocycles. The van der Waals surface area contributed by atoms with Gasteiger partial charge in [0.1, 0.15) is 35.0 Å². The van der Waals surface area contributed by atoms with Crippen molar-refractivity contribution in [3.63, 3.8) is 0 Å². The van der Waals surface area contributed by atoms with Gasteiger partial charge in [0.05, 0.1) is 31.0 Å². The molecule has 12 heteroatoms. The van der Waals surface area contributed by atoms with Crippen LogP contribution in [0.4, 0.5) is 5.82 Å². The van der Waals surface area contributed by atoms with Gasteiger partial charge in [0, 0.05) is 18.6 Å². The number of carbonyl (C=O) groups is 1. The third-order valence-corrected chi connectivity index (χ3v) is 8.73. The van der Waals surface area contributed by atoms with Crippen LogP contribution in [0.2, 0.25) is 0 Å². The van der Waals surface area contributed by atoms with E-state index in [1.54, 1.807) is 39.8 Å². The van der Waals surface area contributed by atoms with Gasteiger partial charge in [-0.15, -0.1) is 0 Å². The van der Waals surface area contributed by atoms with Crippen LogP contribution in [0.1, 0.15) is 32.7 Å². The van der Waals surface area contributed by atoms with Crippen molar-refractivity contribution in [1.82, 2.24) is 28.9 Å². The van der Waals surface area contributed by atoms with Crippen LogP contribution in [0.5, 0.6) is 11.5 Å². The number of likely N-dealkylation sites (N-methyl/N-ethyl adjacent to an activating group) is 1. The molecular weight excluding hydrogens is 572 g/mol. The average molecular weight is 609 g/mol. The fourth-order valence-corrected chi connectivity index (χ4v) is 5.96. The van der Waals surface area contributed by atoms with Crippen molar-refractivity contribution in [2.75, 3.05) is 39.1 Å². The van der Waals surface area contributed by atoms with Gasteiger partial charge in [-0.25, -0.2) is 14.8 Å². The summed E-state index contributed by atoms with van der Waals surface area (Å²) in [6.07, 6.45) is 4.37. The first kappa shape index (κ1) is 30.1. The minimum Gasteiger partial charge on any atom is -0.457 e. The minimum absolute atomic E-state index is 0.0758. The van der Waals surface area contributed by atoms with Gasteiger partial charge in [0.15, 0.2) is 11.5 Å². The van der Waals surface area contributed by atoms with Gasteiger partial charge in [0.25, 0.3) is 5.91 Å². The molecule has 0 saturated carbocycles. The number of ether oxygens (including phenoxy) is 2. The normalized spacial score (nSPS) is 17.7. The predicted molar refractivity (Wildman–Crippen MR) is 169 cm³/mol. The fourth-order valence-electron chi connectivity index (χ4n) is 5.96. The third kappa shape index (κ3) is 5.80. The summed E-state index contributed by atoms with van der Waals surface area (Å²) < 4.78 is 14.4. The zero-order valence-corrected chi connectivity index (χ0v) is 25.6. The number of nitrogen functional groups attached to an aromatic ring is 1. The van der Waals surface area contributed by atoms with Gasteiger partial charge >= 0.3 is 5.69 Å². The lowest BCUT2D eigenvalue weighted by Gasteiger charge is -2.43. The van der Waals surface area contributed by atoms with E-state index in [9.17, 15) is 14.9 Å². The highest BCUT2D eigenvalue weighted by molar-refractivity contribution is 5.97. The number of hydrogen-bond acceptors (Lipinski definition) is 9. The number of hydrogen-bond donors (Lipinski definition) is 1. The number of piperidine rings is 1. The summed E-state index contributed by atoms with van der Waals surface area (Å²) in [6, 6.07) is 18.5. The van der Waals surface area contributed by atoms with Crippen molar-refractivity contribution in [3.8, 4) is 23.3 Å². The van der Waals surface area contributed by atoms with E-state index in [0.29, 0.717) is 61.0 Å². The Morgan fingerprint density at radius 3 is 2.51 bits per heavy atom. The number of nitriles is 1. The molecule has 232 valence electrons. The van der Waals surface area contributed by atoms with Crippen LogP contribution in [-0.2, 0) is 9.53 Å². The number of para-hydroxylation sites is 1. The Morgan fingerprint density at radius 2 is 1.84 bits per heavy atom. The van der Waals surface area contributed by atoms with Crippen LogP contribution in [-0.4, -0.2) is 79.7 Å². The molecule has 2 aromatic heterocycles. The summed E-state index contributed by atoms with van der Waals surface area (Å²) in [5.41, 5.74) is 6.88. The van der Waals surface area contributed by atoms with Crippen LogP contribution >= 0.6 is 0 Å². The zero-order chi connectivity index (χ0) is 31.7. The van der Waals surface area contributed by atoms with Gasteiger partial charge in [-0.1, -0.05) is 18.2 Å². The van der Waals surface area contributed by atoms with Gasteiger partial charge in [0.2, 0.25) is 0 Å². The Labute approximate surface area is 260 Å². The van der Waals surface area contributed by atoms with Crippen molar-refractivity contribution in [1.29, 1.82) is 5.26 Å². The standard InChI is InChI=1S/C33H36N8O4/c1-33(2,38(3)25-19-44-20-25)16-22(17-34)31(42)39-15-7-8-24(18-39)41-30-28(29(35)36-21-37-30)40(32(41)43)23-11-13-27(14-12-23)45-26-9-5-4-6-10-26/h4-6,9-14,16,21,24-25H,7-8,15,18-20H2,1-3H3,(H2,35,36,37). The predicted octanol–water partition coefficient (Wildman–Crippen LogP) is 3.68. The number of carbonyl (C=O) groups excluding carboxylic acids is 1. The second-order valence-corrected chi connectivity index (χ2v) is 12.0. The lowest BCUT2D eigenvalue weighted by molar-refractivity contribution is -0.128. The monoisotopic (exact) mass is 608 g/mol. The maximum atomic E-state index is 14.1. The topological polar surface area (TPSA) is 145 Å². The first-order chi connectivity index (χ1) is 21.7. The largest absolute Gasteiger partial charge is 0.457 e. The van der Waals surface area contributed by atoms with E-state index in [4.69, 9.17) is 15.2 Å². The molecule has 0 bridgehead atoms. The molecule has 6 rings (SSSR count). The summed E-state index contributed by atoms with van der Waals surface area (Å²) in [5, 5.41) is 10.0. The number of aromatic nitrogens is 4. The fraction of sp³-hybridized carbons (Fsp3) is 0.364. The molecular formula is C33H36N8O4. The molecule has 2 aliphatic rings. The molecule has 0 spiro atoms. The van der Waals surface area contributed by atoms with E-state index in [1.807, 2.05) is 51.2 Å². The number of benzene rings is 2. The first-order valence-electron chi connectivity index (χ1n) is 15.0. The van der Waals surface area contributed by atoms with E-state index < -0.39 is 5.54 Å². The van der Waals surface area contributed by atoms with Gasteiger partial charge in [-0.05, 0) is 76.2 Å². The van der Waals surface area contributed by atoms with E-state index in [0.717, 1.165) is 0 Å². The SMILES string of the molecule is CN(C1COC1)C(C)(C)C=C(C#N)C(=O)N1CCCC(n2c(=O)n(-c3ccc(Oc4ccccc4)cc3)c3c(N)ncnc32)C1. The van der Waals surface area contributed by atoms with E-state index in [-0.39, 0.29) is 41.6 Å². The molecule has 2 aromatic carbocycles. The number of amides is 1. The van der Waals surface area contributed by atoms with Crippen LogP contribution in [0, 0.1) is 11.3 Å². The van der Waals surface area contributed by atoms with Crippen molar-refractivity contribution in [2.24, 2.45) is 0 Å². The molecule has 4 aromatic rings. The zero-order valence-electron chi connectivity index (χ0n) is 25.6. The first-order valence-corrected chi connectivity index (χ1v) is 15.0. The summed E-state index contributed by atoms with van der Waals surface area (Å²) in [5.74, 6) is 1.13. The molecule has 1 unspecified atom stereocenters. The Hall–Kier alpha value is -4.99. The summed E-state index contributed by atoms with van der Waals surface area (Å²) in [4.78, 5) is 40.2. The van der Waals surface area contributed by atoms with Crippen LogP contribution in [0.15, 0.2) is 77.4 Å². The number of nitrogens with zero attached hydrogens (tertiary/aromatic N) is 7. The Bertz CT molecular complexity index is 1830. The number of nitrogens with two attached hydrogens (primary N) is 1. The third-order valence-electron chi connectivity index (χ3n) is 8.73. The molecule has 45 heavy (non-hydrogen) atoms. The number of imidazole rings is 1. The molecule has 1 amide bonds. The molecule has 0 radical (unpaired) electrons. The van der Waals surface area contributed by atoms with Crippen molar-refractivity contribution < 1.29 is 14.3 Å². The molecule has 2 fully saturated rings. The lowest BCUT2D eigenvalue weighted by Crippen LogP contribution is -2.55. The molecule has 12 nitrogen and oxygen atoms in total. The van der Waals surface area contributed by atoms with Crippen molar-refractivity contribution in [2.45, 2.75) is 44.3 Å². The summed E-state index contributed by atoms with van der Waals surface area (Å²) in [6.45, 7) is 5.94. The maximum absolute atomic E-state index is 14.1. The quantitative estimate of drug-likeness (QED) is 0.234. The molecule has 1 atom stereocenters. The molecule has 2 N–H and O–H groups in total. The van der Waals surface area contributed by atoms with Crippen molar-refractivity contribution in [3.05, 3.63) is 83.1 Å². The van der Waals surface area contributed by atoms with Crippen LogP contribution in [0.3, 0.4) is 0 Å². The molecule has 2 saturated heterocycles. The van der Waals surface area contributed by atoms with E-state index in [2.05, 4.69) is 20.9 Å². The Morgan fingerprint density at radius 1 is 1.13 bits per heavy atom. The molecule has 0 aliphatic carbocycles. The highest BCUT2D eigenvalue weighted by Crippen LogP contribution is 2.30. The number of likely N-dealkylation sites (tertiary alicyclic amines) is 1. The van der Waals surface area contributed by atoms with E-state index in [1.165, 1.54) is 10.9 Å². The van der Waals surface area contributed by atoms with Gasteiger partial charge < -0.3 is 20.1 Å². The number of fused-ring (bicyclic) bond motifs is 1. The maximum Gasteiger partial charge on any atom is 0.335 e. The smallest absolute Gasteiger partial charge is 0.335 e.